The van der Waals surface area contributed by atoms with Crippen LogP contribution in [-0.4, -0.2) is 32.1 Å². The monoisotopic (exact) mass is 439 g/mol. The fourth-order valence-electron chi connectivity index (χ4n) is 2.27. The molecule has 0 radical (unpaired) electrons. The molecule has 0 bridgehead atoms. The molecule has 0 unspecified atom stereocenters. The number of carbonyl (C=O) groups is 1. The van der Waals surface area contributed by atoms with Crippen molar-refractivity contribution in [1.29, 1.82) is 0 Å². The molecule has 0 spiro atoms. The summed E-state index contributed by atoms with van der Waals surface area (Å²) in [5, 5.41) is 2.17. The second-order valence-corrected chi connectivity index (χ2v) is 6.51. The topological polar surface area (TPSA) is 47.6 Å². The Bertz CT molecular complexity index is 883. The van der Waals surface area contributed by atoms with Crippen molar-refractivity contribution >= 4 is 23.4 Å². The van der Waals surface area contributed by atoms with E-state index < -0.39 is 41.9 Å². The zero-order chi connectivity index (χ0) is 21.8. The number of thioether (sulfide) groups is 1. The number of alkyl halides is 6. The van der Waals surface area contributed by atoms with Crippen LogP contribution in [-0.2, 0) is 6.18 Å². The lowest BCUT2D eigenvalue weighted by molar-refractivity contribution is -0.153. The third kappa shape index (κ3) is 6.21. The molecule has 1 N–H and O–H groups in total. The number of benzene rings is 2. The number of anilines is 1. The van der Waals surface area contributed by atoms with Crippen LogP contribution < -0.4 is 14.8 Å². The molecule has 0 saturated heterocycles. The first-order valence-corrected chi connectivity index (χ1v) is 9.11. The third-order valence-corrected chi connectivity index (χ3v) is 4.33. The average molecular weight is 439 g/mol. The van der Waals surface area contributed by atoms with E-state index in [4.69, 9.17) is 4.74 Å². The first-order chi connectivity index (χ1) is 13.4. The Hall–Kier alpha value is -2.56. The highest BCUT2D eigenvalue weighted by Crippen LogP contribution is 2.36. The first-order valence-electron chi connectivity index (χ1n) is 7.89. The molecule has 0 atom stereocenters. The number of halogens is 6. The summed E-state index contributed by atoms with van der Waals surface area (Å²) in [4.78, 5) is 13.3. The number of hydrogen-bond donors (Lipinski definition) is 1. The molecule has 1 amide bonds. The zero-order valence-corrected chi connectivity index (χ0v) is 15.9. The second-order valence-electron chi connectivity index (χ2n) is 5.63. The number of methoxy groups -OCH3 is 1. The van der Waals surface area contributed by atoms with Gasteiger partial charge in [-0.15, -0.1) is 11.8 Å². The Labute approximate surface area is 166 Å². The van der Waals surface area contributed by atoms with Crippen molar-refractivity contribution in [2.75, 3.05) is 25.3 Å². The van der Waals surface area contributed by atoms with E-state index in [-0.39, 0.29) is 11.3 Å². The summed E-state index contributed by atoms with van der Waals surface area (Å²) in [6.07, 6.45) is -7.68. The third-order valence-electron chi connectivity index (χ3n) is 3.60. The van der Waals surface area contributed by atoms with Gasteiger partial charge in [0, 0.05) is 4.90 Å². The molecule has 158 valence electrons. The lowest BCUT2D eigenvalue weighted by Gasteiger charge is -2.17. The van der Waals surface area contributed by atoms with E-state index in [1.54, 1.807) is 18.4 Å². The SMILES string of the molecule is COc1cc(SC)ccc1C(=O)Nc1cc(C(F)(F)F)ccc1OCC(F)(F)F. The largest absolute Gasteiger partial charge is 0.496 e. The van der Waals surface area contributed by atoms with Crippen LogP contribution in [0.4, 0.5) is 32.0 Å². The van der Waals surface area contributed by atoms with Crippen LogP contribution in [0.15, 0.2) is 41.3 Å². The molecule has 0 aromatic heterocycles. The van der Waals surface area contributed by atoms with E-state index in [1.807, 2.05) is 0 Å². The van der Waals surface area contributed by atoms with Crippen molar-refractivity contribution in [3.8, 4) is 11.5 Å². The molecule has 11 heteroatoms. The molecule has 2 aromatic carbocycles. The minimum Gasteiger partial charge on any atom is -0.496 e. The van der Waals surface area contributed by atoms with E-state index in [0.717, 1.165) is 11.0 Å². The lowest BCUT2D eigenvalue weighted by atomic mass is 10.1. The Kier molecular flexibility index (Phi) is 6.93. The van der Waals surface area contributed by atoms with Gasteiger partial charge in [0.1, 0.15) is 11.5 Å². The Morgan fingerprint density at radius 1 is 1.03 bits per heavy atom. The van der Waals surface area contributed by atoms with E-state index in [0.29, 0.717) is 12.1 Å². The van der Waals surface area contributed by atoms with E-state index in [1.165, 1.54) is 24.9 Å². The van der Waals surface area contributed by atoms with E-state index >= 15 is 0 Å². The number of carbonyl (C=O) groups excluding carboxylic acids is 1. The molecule has 4 nitrogen and oxygen atoms in total. The molecular formula is C18H15F6NO3S. The van der Waals surface area contributed by atoms with Gasteiger partial charge in [-0.2, -0.15) is 26.3 Å². The molecule has 0 aliphatic rings. The maximum absolute atomic E-state index is 13.0. The highest BCUT2D eigenvalue weighted by atomic mass is 32.2. The van der Waals surface area contributed by atoms with Crippen LogP contribution in [0.2, 0.25) is 0 Å². The van der Waals surface area contributed by atoms with Crippen LogP contribution in [0.3, 0.4) is 0 Å². The van der Waals surface area contributed by atoms with Crippen molar-refractivity contribution < 1.29 is 40.6 Å². The zero-order valence-electron chi connectivity index (χ0n) is 15.1. The van der Waals surface area contributed by atoms with Gasteiger partial charge in [0.15, 0.2) is 6.61 Å². The second kappa shape index (κ2) is 8.85. The van der Waals surface area contributed by atoms with Crippen molar-refractivity contribution in [2.45, 2.75) is 17.2 Å². The lowest BCUT2D eigenvalue weighted by Crippen LogP contribution is -2.21. The fourth-order valence-corrected chi connectivity index (χ4v) is 2.69. The molecule has 0 saturated carbocycles. The van der Waals surface area contributed by atoms with Crippen LogP contribution in [0, 0.1) is 0 Å². The highest BCUT2D eigenvalue weighted by molar-refractivity contribution is 7.98. The quantitative estimate of drug-likeness (QED) is 0.468. The normalized spacial score (nSPS) is 11.9. The number of amides is 1. The van der Waals surface area contributed by atoms with E-state index in [9.17, 15) is 31.1 Å². The summed E-state index contributed by atoms with van der Waals surface area (Å²) < 4.78 is 85.9. The van der Waals surface area contributed by atoms with Gasteiger partial charge >= 0.3 is 12.4 Å². The van der Waals surface area contributed by atoms with Gasteiger partial charge in [0.2, 0.25) is 0 Å². The minimum atomic E-state index is -4.76. The molecular weight excluding hydrogens is 424 g/mol. The van der Waals surface area contributed by atoms with Crippen molar-refractivity contribution in [3.05, 3.63) is 47.5 Å². The van der Waals surface area contributed by atoms with Crippen LogP contribution in [0.25, 0.3) is 0 Å². The molecule has 0 heterocycles. The van der Waals surface area contributed by atoms with Crippen LogP contribution in [0.1, 0.15) is 15.9 Å². The van der Waals surface area contributed by atoms with Gasteiger partial charge in [-0.05, 0) is 42.7 Å². The molecule has 2 rings (SSSR count). The Balaban J connectivity index is 2.39. The van der Waals surface area contributed by atoms with E-state index in [2.05, 4.69) is 10.1 Å². The molecule has 2 aromatic rings. The Morgan fingerprint density at radius 2 is 1.72 bits per heavy atom. The predicted octanol–water partition coefficient (Wildman–Crippen LogP) is 5.63. The van der Waals surface area contributed by atoms with Gasteiger partial charge < -0.3 is 14.8 Å². The highest BCUT2D eigenvalue weighted by Gasteiger charge is 2.33. The van der Waals surface area contributed by atoms with Gasteiger partial charge in [0.25, 0.3) is 5.91 Å². The summed E-state index contributed by atoms with van der Waals surface area (Å²) in [5.41, 5.74) is -1.72. The number of rotatable bonds is 6. The molecule has 0 aliphatic carbocycles. The Morgan fingerprint density at radius 3 is 2.28 bits per heavy atom. The number of hydrogen-bond acceptors (Lipinski definition) is 4. The number of nitrogens with one attached hydrogen (secondary N) is 1. The fraction of sp³-hybridized carbons (Fsp3) is 0.278. The van der Waals surface area contributed by atoms with Crippen LogP contribution in [0.5, 0.6) is 11.5 Å². The number of ether oxygens (including phenoxy) is 2. The summed E-state index contributed by atoms with van der Waals surface area (Å²) in [6.45, 7) is -1.73. The maximum Gasteiger partial charge on any atom is 0.422 e. The average Bonchev–Trinajstić information content (AvgIpc) is 2.64. The first kappa shape index (κ1) is 22.7. The van der Waals surface area contributed by atoms with Crippen molar-refractivity contribution in [1.82, 2.24) is 0 Å². The van der Waals surface area contributed by atoms with Gasteiger partial charge in [0.05, 0.1) is 23.9 Å². The summed E-state index contributed by atoms with van der Waals surface area (Å²) in [7, 11) is 1.30. The predicted molar refractivity (Wildman–Crippen MR) is 95.7 cm³/mol. The summed E-state index contributed by atoms with van der Waals surface area (Å²) in [6, 6.07) is 6.33. The molecule has 0 aliphatic heterocycles. The standard InChI is InChI=1S/C18H15F6NO3S/c1-27-15-8-11(29-2)4-5-12(15)16(26)25-13-7-10(18(22,23)24)3-6-14(13)28-9-17(19,20)21/h3-8H,9H2,1-2H3,(H,25,26). The van der Waals surface area contributed by atoms with Gasteiger partial charge in [-0.1, -0.05) is 0 Å². The van der Waals surface area contributed by atoms with Crippen molar-refractivity contribution in [2.24, 2.45) is 0 Å². The molecule has 29 heavy (non-hydrogen) atoms. The maximum atomic E-state index is 13.0. The van der Waals surface area contributed by atoms with Crippen molar-refractivity contribution in [3.63, 3.8) is 0 Å². The summed E-state index contributed by atoms with van der Waals surface area (Å²) >= 11 is 1.38. The molecule has 0 fully saturated rings. The van der Waals surface area contributed by atoms with Gasteiger partial charge in [-0.25, -0.2) is 0 Å². The van der Waals surface area contributed by atoms with Crippen LogP contribution >= 0.6 is 11.8 Å². The smallest absolute Gasteiger partial charge is 0.422 e. The van der Waals surface area contributed by atoms with Gasteiger partial charge in [-0.3, -0.25) is 4.79 Å². The minimum absolute atomic E-state index is 0.00974. The summed E-state index contributed by atoms with van der Waals surface area (Å²) in [5.74, 6) is -1.27.